The first-order valence-corrected chi connectivity index (χ1v) is 9.45. The van der Waals surface area contributed by atoms with Crippen molar-refractivity contribution in [3.05, 3.63) is 59.4 Å². The summed E-state index contributed by atoms with van der Waals surface area (Å²) < 4.78 is 7.74. The quantitative estimate of drug-likeness (QED) is 0.753. The number of hydrogen-bond donors (Lipinski definition) is 1. The van der Waals surface area contributed by atoms with Crippen LogP contribution < -0.4 is 5.32 Å². The minimum Gasteiger partial charge on any atom is -0.466 e. The highest BCUT2D eigenvalue weighted by atomic mass is 16.3. The monoisotopic (exact) mass is 380 g/mol. The lowest BCUT2D eigenvalue weighted by atomic mass is 10.0. The lowest BCUT2D eigenvalue weighted by molar-refractivity contribution is -0.130. The number of furan rings is 1. The maximum Gasteiger partial charge on any atom is 0.228 e. The van der Waals surface area contributed by atoms with Crippen molar-refractivity contribution in [1.29, 1.82) is 0 Å². The number of likely N-dealkylation sites (tertiary alicyclic amines) is 1. The van der Waals surface area contributed by atoms with Gasteiger partial charge in [0.05, 0.1) is 24.1 Å². The van der Waals surface area contributed by atoms with Crippen molar-refractivity contribution >= 4 is 17.5 Å². The smallest absolute Gasteiger partial charge is 0.228 e. The van der Waals surface area contributed by atoms with Crippen LogP contribution in [0, 0.1) is 13.8 Å². The van der Waals surface area contributed by atoms with Crippen LogP contribution in [0.3, 0.4) is 0 Å². The summed E-state index contributed by atoms with van der Waals surface area (Å²) in [6, 6.07) is 7.64. The van der Waals surface area contributed by atoms with E-state index in [1.54, 1.807) is 11.1 Å². The van der Waals surface area contributed by atoms with Gasteiger partial charge in [0.15, 0.2) is 0 Å². The highest BCUT2D eigenvalue weighted by Gasteiger charge is 2.38. The van der Waals surface area contributed by atoms with E-state index in [0.717, 1.165) is 28.4 Å². The third kappa shape index (κ3) is 3.40. The first-order chi connectivity index (χ1) is 13.4. The van der Waals surface area contributed by atoms with Gasteiger partial charge in [-0.3, -0.25) is 9.59 Å². The summed E-state index contributed by atoms with van der Waals surface area (Å²) in [4.78, 5) is 30.9. The Kier molecular flexibility index (Phi) is 4.66. The number of aryl methyl sites for hydroxylation is 2. The number of nitrogens with one attached hydrogen (secondary N) is 1. The molecule has 4 heterocycles. The van der Waals surface area contributed by atoms with Crippen LogP contribution in [0.25, 0.3) is 5.65 Å². The normalized spacial score (nSPS) is 19.3. The summed E-state index contributed by atoms with van der Waals surface area (Å²) in [5.74, 6) is 1.49. The highest BCUT2D eigenvalue weighted by Crippen LogP contribution is 2.29. The van der Waals surface area contributed by atoms with Crippen molar-refractivity contribution in [3.8, 4) is 0 Å². The Bertz CT molecular complexity index is 1040. The van der Waals surface area contributed by atoms with E-state index in [1.165, 1.54) is 6.92 Å². The second-order valence-electron chi connectivity index (χ2n) is 7.47. The number of aromatic nitrogens is 2. The molecule has 7 heteroatoms. The Morgan fingerprint density at radius 1 is 1.25 bits per heavy atom. The average molecular weight is 380 g/mol. The van der Waals surface area contributed by atoms with E-state index in [2.05, 4.69) is 10.3 Å². The van der Waals surface area contributed by atoms with Gasteiger partial charge in [-0.05, 0) is 37.6 Å². The number of rotatable bonds is 4. The molecule has 0 saturated carbocycles. The van der Waals surface area contributed by atoms with Crippen LogP contribution in [0.15, 0.2) is 41.1 Å². The first-order valence-electron chi connectivity index (χ1n) is 9.45. The molecule has 7 nitrogen and oxygen atoms in total. The third-order valence-electron chi connectivity index (χ3n) is 5.33. The van der Waals surface area contributed by atoms with Crippen molar-refractivity contribution in [3.63, 3.8) is 0 Å². The van der Waals surface area contributed by atoms with E-state index in [0.29, 0.717) is 13.1 Å². The van der Waals surface area contributed by atoms with E-state index in [9.17, 15) is 9.59 Å². The average Bonchev–Trinajstić information content (AvgIpc) is 3.34. The summed E-state index contributed by atoms with van der Waals surface area (Å²) in [5, 5.41) is 2.97. The molecule has 1 fully saturated rings. The molecule has 3 aromatic heterocycles. The minimum absolute atomic E-state index is 0.0180. The number of carbonyl (C=O) groups excluding carboxylic acids is 2. The van der Waals surface area contributed by atoms with Crippen molar-refractivity contribution < 1.29 is 14.0 Å². The van der Waals surface area contributed by atoms with Gasteiger partial charge in [0.1, 0.15) is 17.2 Å². The predicted molar refractivity (Wildman–Crippen MR) is 104 cm³/mol. The summed E-state index contributed by atoms with van der Waals surface area (Å²) >= 11 is 0. The van der Waals surface area contributed by atoms with Gasteiger partial charge in [-0.25, -0.2) is 4.98 Å². The Morgan fingerprint density at radius 2 is 2.07 bits per heavy atom. The van der Waals surface area contributed by atoms with Crippen molar-refractivity contribution in [2.24, 2.45) is 0 Å². The number of pyridine rings is 1. The molecular formula is C21H24N4O3. The molecule has 3 aromatic rings. The number of amides is 2. The van der Waals surface area contributed by atoms with Crippen LogP contribution in [0.2, 0.25) is 0 Å². The zero-order chi connectivity index (χ0) is 19.8. The molecule has 1 aliphatic rings. The second-order valence-corrected chi connectivity index (χ2v) is 7.47. The largest absolute Gasteiger partial charge is 0.466 e. The number of hydrogen-bond acceptors (Lipinski definition) is 4. The second kappa shape index (κ2) is 7.14. The van der Waals surface area contributed by atoms with Crippen LogP contribution in [-0.2, 0) is 16.0 Å². The van der Waals surface area contributed by atoms with Gasteiger partial charge in [-0.1, -0.05) is 6.07 Å². The molecule has 1 saturated heterocycles. The first kappa shape index (κ1) is 18.3. The van der Waals surface area contributed by atoms with Gasteiger partial charge < -0.3 is 19.0 Å². The maximum atomic E-state index is 13.0. The number of nitrogens with zero attached hydrogens (tertiary/aromatic N) is 3. The molecular weight excluding hydrogens is 356 g/mol. The Balaban J connectivity index is 1.54. The molecule has 2 amide bonds. The van der Waals surface area contributed by atoms with Crippen LogP contribution >= 0.6 is 0 Å². The van der Waals surface area contributed by atoms with Crippen LogP contribution in [0.4, 0.5) is 0 Å². The standard InChI is InChI=1S/C21H24N4O3/c1-13-5-4-8-25-16(10-22-21(13)25)9-20(27)24-11-17(18(12-24)23-15(3)26)19-7-6-14(2)28-19/h4-8,10,17-18H,9,11-12H2,1-3H3,(H,23,26)/t17-,18-/m1/s1. The predicted octanol–water partition coefficient (Wildman–Crippen LogP) is 2.22. The van der Waals surface area contributed by atoms with E-state index in [-0.39, 0.29) is 30.2 Å². The fraction of sp³-hybridized carbons (Fsp3) is 0.381. The zero-order valence-electron chi connectivity index (χ0n) is 16.3. The van der Waals surface area contributed by atoms with Gasteiger partial charge in [0, 0.05) is 32.4 Å². The molecule has 4 rings (SSSR count). The molecule has 0 unspecified atom stereocenters. The van der Waals surface area contributed by atoms with Gasteiger partial charge in [0.25, 0.3) is 0 Å². The summed E-state index contributed by atoms with van der Waals surface area (Å²) in [6.07, 6.45) is 3.95. The SMILES string of the molecule is CC(=O)N[C@@H]1CN(C(=O)Cc2cnc3c(C)cccn23)C[C@H]1c1ccc(C)o1. The topological polar surface area (TPSA) is 79.9 Å². The molecule has 0 radical (unpaired) electrons. The molecule has 1 N–H and O–H groups in total. The van der Waals surface area contributed by atoms with Crippen molar-refractivity contribution in [2.75, 3.05) is 13.1 Å². The Hall–Kier alpha value is -3.09. The van der Waals surface area contributed by atoms with Gasteiger partial charge in [0.2, 0.25) is 11.8 Å². The summed E-state index contributed by atoms with van der Waals surface area (Å²) in [7, 11) is 0. The van der Waals surface area contributed by atoms with Gasteiger partial charge in [-0.2, -0.15) is 0 Å². The third-order valence-corrected chi connectivity index (χ3v) is 5.33. The maximum absolute atomic E-state index is 13.0. The Labute approximate surface area is 163 Å². The van der Waals surface area contributed by atoms with Crippen LogP contribution in [-0.4, -0.2) is 45.2 Å². The fourth-order valence-electron chi connectivity index (χ4n) is 3.96. The molecule has 0 bridgehead atoms. The van der Waals surface area contributed by atoms with Gasteiger partial charge in [-0.15, -0.1) is 0 Å². The number of carbonyl (C=O) groups is 2. The van der Waals surface area contributed by atoms with E-state index in [4.69, 9.17) is 4.42 Å². The molecule has 28 heavy (non-hydrogen) atoms. The van der Waals surface area contributed by atoms with Crippen molar-refractivity contribution in [1.82, 2.24) is 19.6 Å². The van der Waals surface area contributed by atoms with Gasteiger partial charge >= 0.3 is 0 Å². The van der Waals surface area contributed by atoms with Crippen molar-refractivity contribution in [2.45, 2.75) is 39.2 Å². The minimum atomic E-state index is -0.156. The van der Waals surface area contributed by atoms with E-state index in [1.807, 2.05) is 48.7 Å². The lowest BCUT2D eigenvalue weighted by Crippen LogP contribution is -2.39. The number of imidazole rings is 1. The zero-order valence-corrected chi connectivity index (χ0v) is 16.3. The molecule has 1 aliphatic heterocycles. The molecule has 146 valence electrons. The van der Waals surface area contributed by atoms with E-state index >= 15 is 0 Å². The molecule has 2 atom stereocenters. The van der Waals surface area contributed by atoms with Crippen LogP contribution in [0.1, 0.15) is 35.6 Å². The molecule has 0 aliphatic carbocycles. The van der Waals surface area contributed by atoms with Crippen LogP contribution in [0.5, 0.6) is 0 Å². The molecule has 0 aromatic carbocycles. The fourth-order valence-corrected chi connectivity index (χ4v) is 3.96. The highest BCUT2D eigenvalue weighted by molar-refractivity contribution is 5.80. The van der Waals surface area contributed by atoms with E-state index < -0.39 is 0 Å². The Morgan fingerprint density at radius 3 is 2.79 bits per heavy atom. The lowest BCUT2D eigenvalue weighted by Gasteiger charge is -2.17. The number of fused-ring (bicyclic) bond motifs is 1. The summed E-state index contributed by atoms with van der Waals surface area (Å²) in [6.45, 7) is 6.38. The summed E-state index contributed by atoms with van der Waals surface area (Å²) in [5.41, 5.74) is 2.80. The molecule has 0 spiro atoms.